The number of hydrogen-bond donors (Lipinski definition) is 0. The SMILES string of the molecule is [Cl-].c1ccc(-c2ccc(C(c3ccccc3)n3cc[n+](C(c4ccccc4)c4ccc(-c5ccccc5)cc4)c3)cc2)cc1. The summed E-state index contributed by atoms with van der Waals surface area (Å²) in [6.07, 6.45) is 6.67. The first-order chi connectivity index (χ1) is 21.3. The Morgan fingerprint density at radius 1 is 0.386 bits per heavy atom. The molecule has 0 radical (unpaired) electrons. The van der Waals surface area contributed by atoms with Gasteiger partial charge in [-0.1, -0.05) is 170 Å². The van der Waals surface area contributed by atoms with Gasteiger partial charge in [-0.15, -0.1) is 0 Å². The molecule has 1 heterocycles. The van der Waals surface area contributed by atoms with Crippen molar-refractivity contribution in [2.75, 3.05) is 0 Å². The number of nitrogens with zero attached hydrogens (tertiary/aromatic N) is 2. The standard InChI is InChI=1S/C41H33N2.ClH/c1-5-13-32(14-6-1)34-21-25-38(26-22-34)40(36-17-9-3-10-18-36)42-29-30-43(31-42)41(37-19-11-4-12-20-37)39-27-23-35(24-28-39)33-15-7-2-8-16-33;/h1-31,40-41H;1H/q+1;/p-1. The van der Waals surface area contributed by atoms with Gasteiger partial charge < -0.3 is 12.4 Å². The van der Waals surface area contributed by atoms with E-state index >= 15 is 0 Å². The third-order valence-electron chi connectivity index (χ3n) is 8.17. The van der Waals surface area contributed by atoms with Crippen molar-refractivity contribution < 1.29 is 17.0 Å². The topological polar surface area (TPSA) is 8.81 Å². The summed E-state index contributed by atoms with van der Waals surface area (Å²) in [5, 5.41) is 0. The molecule has 0 aliphatic rings. The lowest BCUT2D eigenvalue weighted by molar-refractivity contribution is -0.704. The maximum Gasteiger partial charge on any atom is 0.245 e. The third-order valence-corrected chi connectivity index (χ3v) is 8.17. The van der Waals surface area contributed by atoms with Crippen LogP contribution in [-0.4, -0.2) is 4.57 Å². The van der Waals surface area contributed by atoms with Gasteiger partial charge in [0.05, 0.1) is 0 Å². The molecule has 3 heteroatoms. The minimum atomic E-state index is 0. The molecule has 2 atom stereocenters. The van der Waals surface area contributed by atoms with Crippen molar-refractivity contribution in [1.82, 2.24) is 4.57 Å². The monoisotopic (exact) mass is 588 g/mol. The van der Waals surface area contributed by atoms with Crippen LogP contribution in [0.2, 0.25) is 0 Å². The van der Waals surface area contributed by atoms with Crippen LogP contribution in [0, 0.1) is 0 Å². The maximum atomic E-state index is 2.33. The van der Waals surface area contributed by atoms with Crippen LogP contribution in [0.4, 0.5) is 0 Å². The fourth-order valence-corrected chi connectivity index (χ4v) is 6.01. The molecule has 6 aromatic carbocycles. The van der Waals surface area contributed by atoms with E-state index in [1.165, 1.54) is 44.5 Å². The van der Waals surface area contributed by atoms with E-state index in [0.717, 1.165) is 0 Å². The van der Waals surface area contributed by atoms with Gasteiger partial charge in [0.15, 0.2) is 12.1 Å². The van der Waals surface area contributed by atoms with Crippen LogP contribution in [-0.2, 0) is 0 Å². The Hall–Kier alpha value is -5.18. The minimum Gasteiger partial charge on any atom is -1.00 e. The normalized spacial score (nSPS) is 12.2. The summed E-state index contributed by atoms with van der Waals surface area (Å²) in [5.74, 6) is 0. The highest BCUT2D eigenvalue weighted by atomic mass is 35.5. The molecule has 0 fully saturated rings. The quantitative estimate of drug-likeness (QED) is 0.182. The molecular formula is C41H33ClN2. The van der Waals surface area contributed by atoms with Crippen LogP contribution in [0.1, 0.15) is 34.3 Å². The zero-order valence-electron chi connectivity index (χ0n) is 24.3. The second kappa shape index (κ2) is 13.4. The van der Waals surface area contributed by atoms with Crippen molar-refractivity contribution >= 4 is 0 Å². The lowest BCUT2D eigenvalue weighted by atomic mass is 9.96. The van der Waals surface area contributed by atoms with E-state index in [4.69, 9.17) is 0 Å². The van der Waals surface area contributed by atoms with Crippen LogP contribution in [0.3, 0.4) is 0 Å². The van der Waals surface area contributed by atoms with Gasteiger partial charge >= 0.3 is 0 Å². The molecule has 2 unspecified atom stereocenters. The second-order valence-corrected chi connectivity index (χ2v) is 10.9. The average Bonchev–Trinajstić information content (AvgIpc) is 3.56. The van der Waals surface area contributed by atoms with Crippen LogP contribution in [0.5, 0.6) is 0 Å². The van der Waals surface area contributed by atoms with Gasteiger partial charge in [-0.05, 0) is 22.3 Å². The summed E-state index contributed by atoms with van der Waals surface area (Å²) in [5.41, 5.74) is 9.90. The third kappa shape index (κ3) is 6.13. The summed E-state index contributed by atoms with van der Waals surface area (Å²) in [6.45, 7) is 0. The summed E-state index contributed by atoms with van der Waals surface area (Å²) in [4.78, 5) is 0. The van der Waals surface area contributed by atoms with Crippen LogP contribution in [0.15, 0.2) is 189 Å². The molecule has 0 bridgehead atoms. The summed E-state index contributed by atoms with van der Waals surface area (Å²) >= 11 is 0. The Morgan fingerprint density at radius 3 is 1.25 bits per heavy atom. The molecule has 0 saturated carbocycles. The van der Waals surface area contributed by atoms with Crippen molar-refractivity contribution in [2.45, 2.75) is 12.1 Å². The number of rotatable bonds is 8. The highest BCUT2D eigenvalue weighted by Crippen LogP contribution is 2.30. The number of hydrogen-bond acceptors (Lipinski definition) is 0. The number of imidazole rings is 1. The van der Waals surface area contributed by atoms with E-state index < -0.39 is 0 Å². The van der Waals surface area contributed by atoms with E-state index in [9.17, 15) is 0 Å². The Labute approximate surface area is 266 Å². The molecule has 0 spiro atoms. The Morgan fingerprint density at radius 2 is 0.750 bits per heavy atom. The highest BCUT2D eigenvalue weighted by Gasteiger charge is 2.26. The second-order valence-electron chi connectivity index (χ2n) is 10.9. The van der Waals surface area contributed by atoms with Gasteiger partial charge in [-0.25, -0.2) is 9.13 Å². The molecule has 214 valence electrons. The fourth-order valence-electron chi connectivity index (χ4n) is 6.01. The first kappa shape index (κ1) is 28.9. The Kier molecular flexibility index (Phi) is 8.82. The molecular weight excluding hydrogens is 556 g/mol. The largest absolute Gasteiger partial charge is 1.00 e. The van der Waals surface area contributed by atoms with Gasteiger partial charge in [0, 0.05) is 22.3 Å². The van der Waals surface area contributed by atoms with Gasteiger partial charge in [0.2, 0.25) is 6.33 Å². The van der Waals surface area contributed by atoms with Gasteiger partial charge in [-0.3, -0.25) is 0 Å². The van der Waals surface area contributed by atoms with Gasteiger partial charge in [0.25, 0.3) is 0 Å². The smallest absolute Gasteiger partial charge is 0.245 e. The molecule has 0 aliphatic heterocycles. The van der Waals surface area contributed by atoms with Crippen molar-refractivity contribution in [2.24, 2.45) is 0 Å². The van der Waals surface area contributed by atoms with E-state index in [1.54, 1.807) is 0 Å². The molecule has 0 amide bonds. The van der Waals surface area contributed by atoms with Gasteiger partial charge in [0.1, 0.15) is 12.4 Å². The first-order valence-electron chi connectivity index (χ1n) is 14.8. The summed E-state index contributed by atoms with van der Waals surface area (Å²) < 4.78 is 4.67. The number of halogens is 1. The average molecular weight is 589 g/mol. The first-order valence-corrected chi connectivity index (χ1v) is 14.8. The molecule has 1 aromatic heterocycles. The number of aromatic nitrogens is 2. The minimum absolute atomic E-state index is 0. The highest BCUT2D eigenvalue weighted by molar-refractivity contribution is 5.64. The van der Waals surface area contributed by atoms with Crippen LogP contribution >= 0.6 is 0 Å². The lowest BCUT2D eigenvalue weighted by Crippen LogP contribution is -3.00. The molecule has 2 nitrogen and oxygen atoms in total. The predicted octanol–water partition coefficient (Wildman–Crippen LogP) is 6.39. The molecule has 0 aliphatic carbocycles. The molecule has 7 aromatic rings. The molecule has 44 heavy (non-hydrogen) atoms. The van der Waals surface area contributed by atoms with E-state index in [1.807, 2.05) is 0 Å². The van der Waals surface area contributed by atoms with Crippen molar-refractivity contribution in [3.8, 4) is 22.3 Å². The lowest BCUT2D eigenvalue weighted by Gasteiger charge is -2.17. The number of benzene rings is 6. The predicted molar refractivity (Wildman–Crippen MR) is 176 cm³/mol. The van der Waals surface area contributed by atoms with Crippen molar-refractivity contribution in [3.63, 3.8) is 0 Å². The van der Waals surface area contributed by atoms with E-state index in [0.29, 0.717) is 0 Å². The van der Waals surface area contributed by atoms with Crippen LogP contribution in [0.25, 0.3) is 22.3 Å². The van der Waals surface area contributed by atoms with Crippen molar-refractivity contribution in [1.29, 1.82) is 0 Å². The van der Waals surface area contributed by atoms with E-state index in [-0.39, 0.29) is 24.5 Å². The van der Waals surface area contributed by atoms with Crippen LogP contribution < -0.4 is 17.0 Å². The Bertz CT molecular complexity index is 1740. The van der Waals surface area contributed by atoms with E-state index in [2.05, 4.69) is 198 Å². The Balaban J connectivity index is 0.00000343. The summed E-state index contributed by atoms with van der Waals surface area (Å²) in [6, 6.07) is 60.8. The fraction of sp³-hybridized carbons (Fsp3) is 0.0488. The molecule has 7 rings (SSSR count). The molecule has 0 saturated heterocycles. The zero-order valence-corrected chi connectivity index (χ0v) is 25.1. The summed E-state index contributed by atoms with van der Waals surface area (Å²) in [7, 11) is 0. The van der Waals surface area contributed by atoms with Crippen molar-refractivity contribution in [3.05, 3.63) is 211 Å². The zero-order chi connectivity index (χ0) is 28.8. The molecule has 0 N–H and O–H groups in total. The maximum absolute atomic E-state index is 2.33. The van der Waals surface area contributed by atoms with Gasteiger partial charge in [-0.2, -0.15) is 0 Å².